The first-order valence-electron chi connectivity index (χ1n) is 9.98. The molecule has 3 aromatic rings. The Hall–Kier alpha value is -3.90. The molecular formula is C25H19ClN2O4. The fourth-order valence-electron chi connectivity index (χ4n) is 3.48. The van der Waals surface area contributed by atoms with Crippen molar-refractivity contribution >= 4 is 40.7 Å². The van der Waals surface area contributed by atoms with Gasteiger partial charge in [-0.25, -0.2) is 0 Å². The predicted octanol–water partition coefficient (Wildman–Crippen LogP) is 6.12. The molecule has 6 nitrogen and oxygen atoms in total. The lowest BCUT2D eigenvalue weighted by atomic mass is 10.1. The lowest BCUT2D eigenvalue weighted by Crippen LogP contribution is -2.25. The Balaban J connectivity index is 1.78. The maximum absolute atomic E-state index is 13.4. The number of carbonyl (C=O) groups is 1. The van der Waals surface area contributed by atoms with Crippen LogP contribution in [-0.4, -0.2) is 17.4 Å². The summed E-state index contributed by atoms with van der Waals surface area (Å²) >= 11 is 5.98. The van der Waals surface area contributed by atoms with E-state index in [1.165, 1.54) is 17.0 Å². The molecule has 4 rings (SSSR count). The summed E-state index contributed by atoms with van der Waals surface area (Å²) in [5.41, 5.74) is 2.86. The summed E-state index contributed by atoms with van der Waals surface area (Å²) < 4.78 is 5.47. The molecule has 160 valence electrons. The van der Waals surface area contributed by atoms with Gasteiger partial charge in [-0.3, -0.25) is 19.8 Å². The van der Waals surface area contributed by atoms with E-state index in [1.807, 2.05) is 61.5 Å². The van der Waals surface area contributed by atoms with Gasteiger partial charge in [0.25, 0.3) is 11.6 Å². The van der Waals surface area contributed by atoms with Gasteiger partial charge < -0.3 is 4.74 Å². The highest BCUT2D eigenvalue weighted by Gasteiger charge is 2.31. The van der Waals surface area contributed by atoms with Crippen LogP contribution in [0.5, 0.6) is 5.75 Å². The van der Waals surface area contributed by atoms with E-state index in [2.05, 4.69) is 0 Å². The number of amides is 1. The Morgan fingerprint density at radius 1 is 1.06 bits per heavy atom. The first-order chi connectivity index (χ1) is 15.5. The van der Waals surface area contributed by atoms with Gasteiger partial charge in [-0.1, -0.05) is 54.1 Å². The third-order valence-electron chi connectivity index (χ3n) is 4.95. The SMILES string of the molecule is CCOc1ccc(/C=C2\C=C(c3ccccc3)N(c3ccc(Cl)c([N+](=O)[O-])c3)C2=O)cc1. The number of rotatable bonds is 6. The minimum absolute atomic E-state index is 0.0146. The number of benzene rings is 3. The molecule has 0 saturated heterocycles. The number of hydrogen-bond donors (Lipinski definition) is 0. The molecule has 0 aliphatic carbocycles. The Morgan fingerprint density at radius 2 is 1.78 bits per heavy atom. The van der Waals surface area contributed by atoms with Crippen LogP contribution in [0.3, 0.4) is 0 Å². The monoisotopic (exact) mass is 446 g/mol. The molecule has 0 bridgehead atoms. The van der Waals surface area contributed by atoms with Crippen LogP contribution in [0.25, 0.3) is 11.8 Å². The predicted molar refractivity (Wildman–Crippen MR) is 126 cm³/mol. The molecule has 1 amide bonds. The van der Waals surface area contributed by atoms with Crippen LogP contribution in [0.2, 0.25) is 5.02 Å². The highest BCUT2D eigenvalue weighted by molar-refractivity contribution is 6.33. The van der Waals surface area contributed by atoms with Crippen molar-refractivity contribution in [3.8, 4) is 5.75 Å². The van der Waals surface area contributed by atoms with E-state index < -0.39 is 4.92 Å². The number of nitro benzene ring substituents is 1. The molecule has 0 atom stereocenters. The molecule has 0 fully saturated rings. The Bertz CT molecular complexity index is 1230. The molecule has 1 aliphatic heterocycles. The highest BCUT2D eigenvalue weighted by atomic mass is 35.5. The molecular weight excluding hydrogens is 428 g/mol. The normalized spacial score (nSPS) is 14.6. The van der Waals surface area contributed by atoms with Crippen LogP contribution in [0, 0.1) is 10.1 Å². The van der Waals surface area contributed by atoms with Crippen molar-refractivity contribution < 1.29 is 14.5 Å². The van der Waals surface area contributed by atoms with Crippen molar-refractivity contribution in [3.05, 3.63) is 111 Å². The summed E-state index contributed by atoms with van der Waals surface area (Å²) in [4.78, 5) is 25.7. The molecule has 7 heteroatoms. The molecule has 0 N–H and O–H groups in total. The molecule has 3 aromatic carbocycles. The summed E-state index contributed by atoms with van der Waals surface area (Å²) in [7, 11) is 0. The Labute approximate surface area is 190 Å². The average Bonchev–Trinajstić information content (AvgIpc) is 3.12. The third kappa shape index (κ3) is 4.26. The largest absolute Gasteiger partial charge is 0.494 e. The van der Waals surface area contributed by atoms with Crippen molar-refractivity contribution in [1.29, 1.82) is 0 Å². The van der Waals surface area contributed by atoms with Gasteiger partial charge in [-0.05, 0) is 54.5 Å². The standard InChI is InChI=1S/C25H19ClN2O4/c1-2-32-21-11-8-17(9-12-21)14-19-15-23(18-6-4-3-5-7-18)27(25(19)29)20-10-13-22(26)24(16-20)28(30)31/h3-16H,2H2,1H3/b19-14+. The van der Waals surface area contributed by atoms with Gasteiger partial charge in [-0.2, -0.15) is 0 Å². The highest BCUT2D eigenvalue weighted by Crippen LogP contribution is 2.38. The van der Waals surface area contributed by atoms with E-state index in [0.717, 1.165) is 16.9 Å². The first kappa shape index (κ1) is 21.3. The van der Waals surface area contributed by atoms with Gasteiger partial charge in [0, 0.05) is 11.6 Å². The quantitative estimate of drug-likeness (QED) is 0.260. The molecule has 0 spiro atoms. The van der Waals surface area contributed by atoms with Gasteiger partial charge in [0.05, 0.1) is 22.9 Å². The van der Waals surface area contributed by atoms with Crippen molar-refractivity contribution in [1.82, 2.24) is 0 Å². The second-order valence-corrected chi connectivity index (χ2v) is 7.44. The van der Waals surface area contributed by atoms with Gasteiger partial charge in [0.15, 0.2) is 0 Å². The van der Waals surface area contributed by atoms with Crippen LogP contribution in [-0.2, 0) is 4.79 Å². The van der Waals surface area contributed by atoms with Crippen LogP contribution >= 0.6 is 11.6 Å². The van der Waals surface area contributed by atoms with Crippen LogP contribution in [0.15, 0.2) is 84.4 Å². The molecule has 0 saturated carbocycles. The summed E-state index contributed by atoms with van der Waals surface area (Å²) in [5, 5.41) is 11.4. The first-order valence-corrected chi connectivity index (χ1v) is 10.4. The summed E-state index contributed by atoms with van der Waals surface area (Å²) in [6, 6.07) is 21.2. The van der Waals surface area contributed by atoms with Crippen LogP contribution in [0.4, 0.5) is 11.4 Å². The van der Waals surface area contributed by atoms with Gasteiger partial charge >= 0.3 is 0 Å². The van der Waals surface area contributed by atoms with E-state index in [4.69, 9.17) is 16.3 Å². The lowest BCUT2D eigenvalue weighted by Gasteiger charge is -2.20. The number of carbonyl (C=O) groups excluding carboxylic acids is 1. The summed E-state index contributed by atoms with van der Waals surface area (Å²) in [6.07, 6.45) is 3.57. The second kappa shape index (κ2) is 9.08. The maximum Gasteiger partial charge on any atom is 0.289 e. The number of hydrogen-bond acceptors (Lipinski definition) is 4. The minimum Gasteiger partial charge on any atom is -0.494 e. The molecule has 0 radical (unpaired) electrons. The van der Waals surface area contributed by atoms with Gasteiger partial charge in [0.1, 0.15) is 10.8 Å². The zero-order valence-electron chi connectivity index (χ0n) is 17.2. The van der Waals surface area contributed by atoms with E-state index in [9.17, 15) is 14.9 Å². The van der Waals surface area contributed by atoms with Crippen molar-refractivity contribution in [2.24, 2.45) is 0 Å². The fraction of sp³-hybridized carbons (Fsp3) is 0.0800. The number of halogens is 1. The summed E-state index contributed by atoms with van der Waals surface area (Å²) in [6.45, 7) is 2.49. The Kier molecular flexibility index (Phi) is 6.05. The fourth-order valence-corrected chi connectivity index (χ4v) is 3.67. The third-order valence-corrected chi connectivity index (χ3v) is 5.27. The average molecular weight is 447 g/mol. The zero-order valence-corrected chi connectivity index (χ0v) is 18.0. The molecule has 1 aliphatic rings. The zero-order chi connectivity index (χ0) is 22.7. The van der Waals surface area contributed by atoms with E-state index in [1.54, 1.807) is 18.2 Å². The van der Waals surface area contributed by atoms with Crippen molar-refractivity contribution in [3.63, 3.8) is 0 Å². The number of nitro groups is 1. The smallest absolute Gasteiger partial charge is 0.289 e. The topological polar surface area (TPSA) is 72.7 Å². The number of nitrogens with zero attached hydrogens (tertiary/aromatic N) is 2. The van der Waals surface area contributed by atoms with E-state index >= 15 is 0 Å². The molecule has 1 heterocycles. The minimum atomic E-state index is -0.561. The molecule has 0 aromatic heterocycles. The van der Waals surface area contributed by atoms with Crippen LogP contribution < -0.4 is 9.64 Å². The van der Waals surface area contributed by atoms with E-state index in [0.29, 0.717) is 23.6 Å². The lowest BCUT2D eigenvalue weighted by molar-refractivity contribution is -0.384. The van der Waals surface area contributed by atoms with Gasteiger partial charge in [-0.15, -0.1) is 0 Å². The van der Waals surface area contributed by atoms with E-state index in [-0.39, 0.29) is 16.6 Å². The van der Waals surface area contributed by atoms with Crippen molar-refractivity contribution in [2.45, 2.75) is 6.92 Å². The maximum atomic E-state index is 13.4. The number of anilines is 1. The molecule has 0 unspecified atom stereocenters. The molecule has 32 heavy (non-hydrogen) atoms. The second-order valence-electron chi connectivity index (χ2n) is 7.03. The Morgan fingerprint density at radius 3 is 2.44 bits per heavy atom. The summed E-state index contributed by atoms with van der Waals surface area (Å²) in [5.74, 6) is 0.470. The van der Waals surface area contributed by atoms with Crippen LogP contribution in [0.1, 0.15) is 18.1 Å². The number of ether oxygens (including phenoxy) is 1. The van der Waals surface area contributed by atoms with Crippen molar-refractivity contribution in [2.75, 3.05) is 11.5 Å². The van der Waals surface area contributed by atoms with Gasteiger partial charge in [0.2, 0.25) is 0 Å².